The van der Waals surface area contributed by atoms with Crippen LogP contribution in [0.5, 0.6) is 0 Å². The number of anilines is 3. The van der Waals surface area contributed by atoms with Gasteiger partial charge in [-0.15, -0.1) is 0 Å². The third kappa shape index (κ3) is 5.71. The van der Waals surface area contributed by atoms with E-state index in [-0.39, 0.29) is 27.1 Å². The van der Waals surface area contributed by atoms with Gasteiger partial charge in [-0.2, -0.15) is 0 Å². The van der Waals surface area contributed by atoms with Gasteiger partial charge in [0.1, 0.15) is 0 Å². The van der Waals surface area contributed by atoms with E-state index in [4.69, 9.17) is 0 Å². The van der Waals surface area contributed by atoms with Crippen molar-refractivity contribution in [1.29, 1.82) is 0 Å². The highest BCUT2D eigenvalue weighted by Crippen LogP contribution is 2.54. The van der Waals surface area contributed by atoms with Crippen molar-refractivity contribution in [3.63, 3.8) is 0 Å². The van der Waals surface area contributed by atoms with Gasteiger partial charge in [-0.25, -0.2) is 0 Å². The van der Waals surface area contributed by atoms with E-state index in [0.29, 0.717) is 0 Å². The Hall–Kier alpha value is -4.10. The van der Waals surface area contributed by atoms with Crippen LogP contribution in [0.4, 0.5) is 17.1 Å². The summed E-state index contributed by atoms with van der Waals surface area (Å²) in [7, 11) is 0. The molecule has 1 heteroatoms. The molecule has 0 amide bonds. The maximum atomic E-state index is 2.54. The van der Waals surface area contributed by atoms with Crippen molar-refractivity contribution in [3.8, 4) is 22.3 Å². The molecule has 2 aliphatic carbocycles. The Morgan fingerprint density at radius 1 is 0.460 bits per heavy atom. The lowest BCUT2D eigenvalue weighted by atomic mass is 9.63. The highest BCUT2D eigenvalue weighted by molar-refractivity contribution is 5.95. The number of benzene rings is 5. The van der Waals surface area contributed by atoms with Gasteiger partial charge in [-0.1, -0.05) is 150 Å². The largest absolute Gasteiger partial charge is 0.310 e. The van der Waals surface area contributed by atoms with Crippen molar-refractivity contribution in [2.75, 3.05) is 4.90 Å². The number of fused-ring (bicyclic) bond motifs is 4. The molecule has 0 aliphatic heterocycles. The van der Waals surface area contributed by atoms with E-state index in [1.807, 2.05) is 0 Å². The van der Waals surface area contributed by atoms with Gasteiger partial charge in [0, 0.05) is 22.4 Å². The minimum Gasteiger partial charge on any atom is -0.310 e. The van der Waals surface area contributed by atoms with E-state index in [2.05, 4.69) is 191 Å². The van der Waals surface area contributed by atoms with Gasteiger partial charge in [0.05, 0.1) is 5.69 Å². The van der Waals surface area contributed by atoms with Crippen LogP contribution < -0.4 is 4.90 Å². The first-order chi connectivity index (χ1) is 23.3. The van der Waals surface area contributed by atoms with Crippen LogP contribution in [-0.4, -0.2) is 0 Å². The highest BCUT2D eigenvalue weighted by atomic mass is 15.1. The molecule has 0 bridgehead atoms. The Balaban J connectivity index is 1.53. The molecule has 258 valence electrons. The molecular weight excluding hydrogens is 603 g/mol. The fraction of sp³-hybridized carbons (Fsp3) is 0.388. The summed E-state index contributed by atoms with van der Waals surface area (Å²) < 4.78 is 0. The Labute approximate surface area is 302 Å². The second-order valence-electron chi connectivity index (χ2n) is 19.0. The molecule has 0 aromatic heterocycles. The second kappa shape index (κ2) is 11.5. The molecule has 0 saturated heterocycles. The molecule has 0 spiro atoms. The second-order valence-corrected chi connectivity index (χ2v) is 19.0. The Morgan fingerprint density at radius 2 is 0.980 bits per heavy atom. The molecule has 0 saturated carbocycles. The van der Waals surface area contributed by atoms with E-state index in [0.717, 1.165) is 0 Å². The molecule has 0 N–H and O–H groups in total. The van der Waals surface area contributed by atoms with Gasteiger partial charge in [-0.3, -0.25) is 0 Å². The molecule has 5 aromatic rings. The number of hydrogen-bond donors (Lipinski definition) is 0. The number of rotatable bonds is 4. The van der Waals surface area contributed by atoms with Gasteiger partial charge < -0.3 is 4.90 Å². The average Bonchev–Trinajstić information content (AvgIpc) is 3.28. The topological polar surface area (TPSA) is 3.24 Å². The summed E-state index contributed by atoms with van der Waals surface area (Å²) >= 11 is 0. The summed E-state index contributed by atoms with van der Waals surface area (Å²) in [5, 5.41) is 0. The van der Waals surface area contributed by atoms with Gasteiger partial charge >= 0.3 is 0 Å². The maximum absolute atomic E-state index is 2.54. The summed E-state index contributed by atoms with van der Waals surface area (Å²) in [5.41, 5.74) is 17.7. The van der Waals surface area contributed by atoms with Crippen LogP contribution in [0.3, 0.4) is 0 Å². The normalized spacial score (nSPS) is 17.1. The molecule has 2 aliphatic rings. The van der Waals surface area contributed by atoms with Crippen molar-refractivity contribution in [2.45, 2.75) is 123 Å². The summed E-state index contributed by atoms with van der Waals surface area (Å²) in [6, 6.07) is 40.1. The molecule has 0 atom stereocenters. The first kappa shape index (κ1) is 34.4. The lowest BCUT2D eigenvalue weighted by Crippen LogP contribution is -2.33. The average molecular weight is 660 g/mol. The lowest BCUT2D eigenvalue weighted by Gasteiger charge is -2.42. The zero-order valence-electron chi connectivity index (χ0n) is 32.7. The van der Waals surface area contributed by atoms with Crippen molar-refractivity contribution in [2.24, 2.45) is 0 Å². The summed E-state index contributed by atoms with van der Waals surface area (Å²) in [6.07, 6.45) is 2.41. The predicted molar refractivity (Wildman–Crippen MR) is 217 cm³/mol. The quantitative estimate of drug-likeness (QED) is 0.186. The molecule has 0 unspecified atom stereocenters. The van der Waals surface area contributed by atoms with Crippen LogP contribution in [0.2, 0.25) is 0 Å². The van der Waals surface area contributed by atoms with E-state index in [9.17, 15) is 0 Å². The standard InChI is InChI=1S/C49H57N/c1-45(2,3)33-18-22-35(23-19-33)50(36-24-20-34(21-25-36)46(4,5)6)44-31-42-39(37-15-13-14-16-40(37)49(42,11)12)30-38(44)32-17-26-41-43(29-32)48(9,10)28-27-47(41,7)8/h13-26,29-31H,27-28H2,1-12H3. The zero-order valence-corrected chi connectivity index (χ0v) is 32.7. The van der Waals surface area contributed by atoms with Crippen molar-refractivity contribution >= 4 is 17.1 Å². The van der Waals surface area contributed by atoms with Crippen LogP contribution in [0.15, 0.2) is 103 Å². The third-order valence-electron chi connectivity index (χ3n) is 12.1. The Bertz CT molecular complexity index is 2010. The van der Waals surface area contributed by atoms with Gasteiger partial charge in [0.15, 0.2) is 0 Å². The summed E-state index contributed by atoms with van der Waals surface area (Å²) in [6.45, 7) is 28.3. The fourth-order valence-corrected chi connectivity index (χ4v) is 8.56. The van der Waals surface area contributed by atoms with Gasteiger partial charge in [0.2, 0.25) is 0 Å². The van der Waals surface area contributed by atoms with E-state index in [1.165, 1.54) is 85.5 Å². The van der Waals surface area contributed by atoms with E-state index < -0.39 is 0 Å². The van der Waals surface area contributed by atoms with Crippen LogP contribution in [0.1, 0.15) is 129 Å². The minimum absolute atomic E-state index is 0.0793. The molecule has 5 aromatic carbocycles. The summed E-state index contributed by atoms with van der Waals surface area (Å²) in [4.78, 5) is 2.52. The Morgan fingerprint density at radius 3 is 1.52 bits per heavy atom. The zero-order chi connectivity index (χ0) is 36.0. The molecular formula is C49H57N. The molecule has 0 fully saturated rings. The maximum Gasteiger partial charge on any atom is 0.0543 e. The lowest BCUT2D eigenvalue weighted by molar-refractivity contribution is 0.332. The van der Waals surface area contributed by atoms with Crippen LogP contribution in [0.25, 0.3) is 22.3 Å². The SMILES string of the molecule is CC(C)(C)c1ccc(N(c2ccc(C(C)(C)C)cc2)c2cc3c(cc2-c2ccc4c(c2)C(C)(C)CCC4(C)C)-c2ccccc2C3(C)C)cc1. The first-order valence-electron chi connectivity index (χ1n) is 18.7. The van der Waals surface area contributed by atoms with E-state index >= 15 is 0 Å². The summed E-state index contributed by atoms with van der Waals surface area (Å²) in [5.74, 6) is 0. The van der Waals surface area contributed by atoms with Crippen molar-refractivity contribution < 1.29 is 0 Å². The van der Waals surface area contributed by atoms with Crippen LogP contribution in [-0.2, 0) is 27.1 Å². The predicted octanol–water partition coefficient (Wildman–Crippen LogP) is 14.1. The first-order valence-corrected chi connectivity index (χ1v) is 18.7. The molecule has 7 rings (SSSR count). The highest BCUT2D eigenvalue weighted by Gasteiger charge is 2.39. The van der Waals surface area contributed by atoms with Crippen LogP contribution >= 0.6 is 0 Å². The number of hydrogen-bond acceptors (Lipinski definition) is 1. The third-order valence-corrected chi connectivity index (χ3v) is 12.1. The minimum atomic E-state index is -0.112. The van der Waals surface area contributed by atoms with E-state index in [1.54, 1.807) is 0 Å². The number of nitrogens with zero attached hydrogens (tertiary/aromatic N) is 1. The molecule has 0 radical (unpaired) electrons. The smallest absolute Gasteiger partial charge is 0.0543 e. The van der Waals surface area contributed by atoms with Crippen LogP contribution in [0, 0.1) is 0 Å². The Kier molecular flexibility index (Phi) is 7.87. The van der Waals surface area contributed by atoms with Crippen molar-refractivity contribution in [1.82, 2.24) is 0 Å². The molecule has 50 heavy (non-hydrogen) atoms. The van der Waals surface area contributed by atoms with Gasteiger partial charge in [-0.05, 0) is 121 Å². The molecule has 1 nitrogen and oxygen atoms in total. The van der Waals surface area contributed by atoms with Gasteiger partial charge in [0.25, 0.3) is 0 Å². The fourth-order valence-electron chi connectivity index (χ4n) is 8.56. The monoisotopic (exact) mass is 659 g/mol. The molecule has 0 heterocycles. The van der Waals surface area contributed by atoms with Crippen molar-refractivity contribution in [3.05, 3.63) is 137 Å².